The van der Waals surface area contributed by atoms with Crippen molar-refractivity contribution in [1.82, 2.24) is 19.9 Å². The van der Waals surface area contributed by atoms with Crippen LogP contribution in [0.5, 0.6) is 0 Å². The maximum Gasteiger partial charge on any atom is 0.416 e. The zero-order valence-corrected chi connectivity index (χ0v) is 20.2. The molecule has 3 heterocycles. The van der Waals surface area contributed by atoms with Gasteiger partial charge >= 0.3 is 12.1 Å². The van der Waals surface area contributed by atoms with Crippen molar-refractivity contribution in [3.05, 3.63) is 66.4 Å². The fourth-order valence-electron chi connectivity index (χ4n) is 4.51. The Hall–Kier alpha value is -3.92. The fourth-order valence-corrected chi connectivity index (χ4v) is 4.51. The Labute approximate surface area is 211 Å². The number of anilines is 1. The van der Waals surface area contributed by atoms with E-state index in [4.69, 9.17) is 5.11 Å². The topological polar surface area (TPSA) is 85.4 Å². The zero-order valence-electron chi connectivity index (χ0n) is 20.2. The number of carbonyl (C=O) groups is 1. The number of hydrogen-bond donors (Lipinski definition) is 2. The molecule has 37 heavy (non-hydrogen) atoms. The summed E-state index contributed by atoms with van der Waals surface area (Å²) in [6.07, 6.45) is -2.58. The minimum atomic E-state index is -4.40. The Morgan fingerprint density at radius 3 is 2.30 bits per heavy atom. The summed E-state index contributed by atoms with van der Waals surface area (Å²) in [7, 11) is 0. The Kier molecular flexibility index (Phi) is 6.59. The molecule has 1 atom stereocenters. The molecule has 1 saturated heterocycles. The van der Waals surface area contributed by atoms with E-state index < -0.39 is 17.7 Å². The summed E-state index contributed by atoms with van der Waals surface area (Å²) < 4.78 is 39.0. The van der Waals surface area contributed by atoms with Crippen molar-refractivity contribution in [3.8, 4) is 22.5 Å². The van der Waals surface area contributed by atoms with Crippen molar-refractivity contribution < 1.29 is 23.1 Å². The summed E-state index contributed by atoms with van der Waals surface area (Å²) >= 11 is 0. The molecule has 0 radical (unpaired) electrons. The largest absolute Gasteiger partial charge is 0.481 e. The molecule has 0 amide bonds. The van der Waals surface area contributed by atoms with E-state index in [9.17, 15) is 18.0 Å². The Morgan fingerprint density at radius 1 is 1.00 bits per heavy atom. The highest BCUT2D eigenvalue weighted by atomic mass is 19.4. The molecule has 0 bridgehead atoms. The van der Waals surface area contributed by atoms with Gasteiger partial charge in [0.25, 0.3) is 0 Å². The molecule has 0 aliphatic carbocycles. The van der Waals surface area contributed by atoms with Gasteiger partial charge in [-0.05, 0) is 35.9 Å². The summed E-state index contributed by atoms with van der Waals surface area (Å²) in [6.45, 7) is 5.44. The molecule has 1 unspecified atom stereocenters. The molecule has 2 aromatic heterocycles. The van der Waals surface area contributed by atoms with Crippen molar-refractivity contribution >= 4 is 22.8 Å². The van der Waals surface area contributed by atoms with Gasteiger partial charge in [0.1, 0.15) is 11.6 Å². The monoisotopic (exact) mass is 509 g/mol. The highest BCUT2D eigenvalue weighted by Crippen LogP contribution is 2.32. The zero-order chi connectivity index (χ0) is 26.2. The molecule has 1 fully saturated rings. The lowest BCUT2D eigenvalue weighted by Crippen LogP contribution is -2.48. The van der Waals surface area contributed by atoms with Gasteiger partial charge in [-0.15, -0.1) is 0 Å². The molecule has 1 aliphatic rings. The van der Waals surface area contributed by atoms with Crippen LogP contribution in [-0.4, -0.2) is 63.7 Å². The average molecular weight is 510 g/mol. The average Bonchev–Trinajstić information content (AvgIpc) is 3.32. The van der Waals surface area contributed by atoms with Crippen molar-refractivity contribution in [1.29, 1.82) is 0 Å². The van der Waals surface area contributed by atoms with Gasteiger partial charge in [0.15, 0.2) is 0 Å². The molecule has 10 heteroatoms. The third-order valence-corrected chi connectivity index (χ3v) is 6.70. The summed E-state index contributed by atoms with van der Waals surface area (Å²) in [5, 5.41) is 9.11. The molecule has 1 aliphatic heterocycles. The molecule has 2 N–H and O–H groups in total. The number of piperazine rings is 1. The number of pyridine rings is 1. The van der Waals surface area contributed by atoms with Crippen LogP contribution in [0.1, 0.15) is 12.5 Å². The van der Waals surface area contributed by atoms with E-state index in [2.05, 4.69) is 24.8 Å². The molecule has 0 saturated carbocycles. The maximum atomic E-state index is 13.0. The Bertz CT molecular complexity index is 1390. The lowest BCUT2D eigenvalue weighted by molar-refractivity contribution is -0.141. The van der Waals surface area contributed by atoms with Gasteiger partial charge in [0, 0.05) is 50.0 Å². The van der Waals surface area contributed by atoms with Gasteiger partial charge in [-0.3, -0.25) is 9.69 Å². The molecular formula is C27H26F3N5O2. The number of H-pyrrole nitrogens is 1. The van der Waals surface area contributed by atoms with Crippen molar-refractivity contribution in [2.45, 2.75) is 13.1 Å². The van der Waals surface area contributed by atoms with Gasteiger partial charge < -0.3 is 15.0 Å². The number of carboxylic acids is 1. The summed E-state index contributed by atoms with van der Waals surface area (Å²) in [4.78, 5) is 27.5. The van der Waals surface area contributed by atoms with Crippen LogP contribution >= 0.6 is 0 Å². The van der Waals surface area contributed by atoms with Gasteiger partial charge in [-0.1, -0.05) is 31.2 Å². The summed E-state index contributed by atoms with van der Waals surface area (Å²) in [6, 6.07) is 15.1. The van der Waals surface area contributed by atoms with E-state index in [0.717, 1.165) is 60.8 Å². The minimum Gasteiger partial charge on any atom is -0.481 e. The first-order valence-corrected chi connectivity index (χ1v) is 12.0. The van der Waals surface area contributed by atoms with Crippen LogP contribution in [-0.2, 0) is 11.0 Å². The van der Waals surface area contributed by atoms with Crippen LogP contribution in [0.2, 0.25) is 0 Å². The van der Waals surface area contributed by atoms with Gasteiger partial charge in [-0.25, -0.2) is 9.97 Å². The number of imidazole rings is 1. The van der Waals surface area contributed by atoms with E-state index >= 15 is 0 Å². The summed E-state index contributed by atoms with van der Waals surface area (Å²) in [5.41, 5.74) is 2.79. The molecular weight excluding hydrogens is 483 g/mol. The number of alkyl halides is 3. The first-order chi connectivity index (χ1) is 17.7. The number of nitrogens with one attached hydrogen (secondary N) is 1. The molecule has 2 aromatic carbocycles. The number of hydrogen-bond acceptors (Lipinski definition) is 5. The maximum absolute atomic E-state index is 13.0. The number of rotatable bonds is 6. The normalized spacial score (nSPS) is 15.7. The first-order valence-electron chi connectivity index (χ1n) is 12.0. The number of aromatic amines is 1. The number of aliphatic carboxylic acids is 1. The third-order valence-electron chi connectivity index (χ3n) is 6.70. The Morgan fingerprint density at radius 2 is 1.68 bits per heavy atom. The number of aromatic nitrogens is 3. The van der Waals surface area contributed by atoms with E-state index in [1.54, 1.807) is 6.92 Å². The van der Waals surface area contributed by atoms with Gasteiger partial charge in [-0.2, -0.15) is 13.2 Å². The lowest BCUT2D eigenvalue weighted by Gasteiger charge is -2.36. The van der Waals surface area contributed by atoms with E-state index in [-0.39, 0.29) is 5.92 Å². The van der Waals surface area contributed by atoms with E-state index in [1.807, 2.05) is 42.6 Å². The van der Waals surface area contributed by atoms with E-state index in [1.165, 1.54) is 6.07 Å². The van der Waals surface area contributed by atoms with Gasteiger partial charge in [0.2, 0.25) is 0 Å². The number of benzene rings is 2. The van der Waals surface area contributed by atoms with Crippen LogP contribution in [0.15, 0.2) is 60.8 Å². The molecule has 192 valence electrons. The van der Waals surface area contributed by atoms with Crippen molar-refractivity contribution in [2.75, 3.05) is 37.6 Å². The van der Waals surface area contributed by atoms with Crippen LogP contribution < -0.4 is 4.90 Å². The van der Waals surface area contributed by atoms with Crippen LogP contribution in [0, 0.1) is 5.92 Å². The number of halogens is 3. The first kappa shape index (κ1) is 24.8. The number of fused-ring (bicyclic) bond motifs is 1. The smallest absolute Gasteiger partial charge is 0.416 e. The lowest BCUT2D eigenvalue weighted by atomic mass is 10.1. The van der Waals surface area contributed by atoms with Crippen molar-refractivity contribution in [2.24, 2.45) is 5.92 Å². The minimum absolute atomic E-state index is 0.339. The highest BCUT2D eigenvalue weighted by molar-refractivity contribution is 5.80. The third kappa shape index (κ3) is 5.43. The highest BCUT2D eigenvalue weighted by Gasteiger charge is 2.30. The predicted octanol–water partition coefficient (Wildman–Crippen LogP) is 5.15. The molecule has 4 aromatic rings. The number of carboxylic acid groups (broad SMARTS) is 1. The van der Waals surface area contributed by atoms with Gasteiger partial charge in [0.05, 0.1) is 22.5 Å². The van der Waals surface area contributed by atoms with Crippen LogP contribution in [0.25, 0.3) is 33.5 Å². The number of nitrogens with zero attached hydrogens (tertiary/aromatic N) is 4. The summed E-state index contributed by atoms with van der Waals surface area (Å²) in [5.74, 6) is 0.229. The standard InChI is InChI=1S/C27H26F3N5O2/c1-17(26(36)37)16-34-10-12-35(13-11-34)24-9-6-20(15-31-24)18-2-4-19(5-3-18)25-32-22-8-7-21(27(28,29)30)14-23(22)33-25/h2-9,14-15,17H,10-13,16H2,1H3,(H,32,33)(H,36,37). The molecule has 5 rings (SSSR count). The second kappa shape index (κ2) is 9.85. The second-order valence-electron chi connectivity index (χ2n) is 9.32. The SMILES string of the molecule is CC(CN1CCN(c2ccc(-c3ccc(-c4nc5ccc(C(F)(F)F)cc5[nH]4)cc3)cn2)CC1)C(=O)O. The molecule has 0 spiro atoms. The van der Waals surface area contributed by atoms with Crippen molar-refractivity contribution in [3.63, 3.8) is 0 Å². The Balaban J connectivity index is 1.24. The van der Waals surface area contributed by atoms with Crippen LogP contribution in [0.4, 0.5) is 19.0 Å². The van der Waals surface area contributed by atoms with Crippen LogP contribution in [0.3, 0.4) is 0 Å². The fraction of sp³-hybridized carbons (Fsp3) is 0.296. The van der Waals surface area contributed by atoms with E-state index in [0.29, 0.717) is 23.4 Å². The molecule has 7 nitrogen and oxygen atoms in total. The second-order valence-corrected chi connectivity index (χ2v) is 9.32. The quantitative estimate of drug-likeness (QED) is 0.374. The predicted molar refractivity (Wildman–Crippen MR) is 135 cm³/mol.